The fraction of sp³-hybridized carbons (Fsp3) is 0.310. The van der Waals surface area contributed by atoms with Crippen molar-refractivity contribution >= 4 is 65.9 Å². The van der Waals surface area contributed by atoms with E-state index in [-0.39, 0.29) is 23.7 Å². The number of anilines is 1. The summed E-state index contributed by atoms with van der Waals surface area (Å²) in [5.41, 5.74) is 3.49. The average Bonchev–Trinajstić information content (AvgIpc) is 3.24. The number of aryl methyl sites for hydroxylation is 1. The van der Waals surface area contributed by atoms with E-state index in [2.05, 4.69) is 10.3 Å². The predicted octanol–water partition coefficient (Wildman–Crippen LogP) is 4.33. The molecule has 2 amide bonds. The number of aromatic nitrogens is 1. The number of fused-ring (bicyclic) bond motifs is 2. The number of nitrogens with one attached hydrogen (secondary N) is 1. The molecule has 222 valence electrons. The largest absolute Gasteiger partial charge is 0.380 e. The number of hydrogen-bond acceptors (Lipinski definition) is 9. The molecule has 5 rings (SSSR count). The van der Waals surface area contributed by atoms with Crippen LogP contribution in [-0.4, -0.2) is 80.1 Å². The second-order valence-corrected chi connectivity index (χ2v) is 12.3. The Labute approximate surface area is 247 Å². The van der Waals surface area contributed by atoms with Gasteiger partial charge in [0.15, 0.2) is 5.78 Å². The highest BCUT2D eigenvalue weighted by Gasteiger charge is 2.31. The molecule has 1 aliphatic heterocycles. The molecule has 0 spiro atoms. The number of hydrogen-bond donors (Lipinski definition) is 2. The molecule has 4 aromatic rings. The number of ether oxygens (including phenoxy) is 2. The third-order valence-corrected chi connectivity index (χ3v) is 8.05. The number of carbonyl (C=O) groups is 3. The topological polar surface area (TPSA) is 152 Å². The number of methoxy groups -OCH3 is 2. The molecule has 11 nitrogen and oxygen atoms in total. The molecule has 0 saturated carbocycles. The molecule has 3 heterocycles. The normalized spacial score (nSPS) is 13.4. The third-order valence-electron chi connectivity index (χ3n) is 6.72. The Kier molecular flexibility index (Phi) is 9.38. The molecule has 1 aliphatic rings. The van der Waals surface area contributed by atoms with Gasteiger partial charge in [-0.05, 0) is 55.3 Å². The van der Waals surface area contributed by atoms with Gasteiger partial charge in [-0.2, -0.15) is 8.42 Å². The van der Waals surface area contributed by atoms with Crippen LogP contribution in [0.4, 0.5) is 5.82 Å². The van der Waals surface area contributed by atoms with Crippen LogP contribution in [-0.2, 0) is 26.2 Å². The highest BCUT2D eigenvalue weighted by Crippen LogP contribution is 2.37. The molecule has 13 heteroatoms. The van der Waals surface area contributed by atoms with E-state index in [1.165, 1.54) is 18.3 Å². The van der Waals surface area contributed by atoms with Gasteiger partial charge in [-0.1, -0.05) is 12.1 Å². The van der Waals surface area contributed by atoms with Crippen molar-refractivity contribution in [3.05, 3.63) is 69.6 Å². The highest BCUT2D eigenvalue weighted by atomic mass is 32.2. The van der Waals surface area contributed by atoms with Crippen LogP contribution >= 0.6 is 11.3 Å². The van der Waals surface area contributed by atoms with E-state index < -0.39 is 10.1 Å². The molecule has 2 aromatic heterocycles. The Morgan fingerprint density at radius 1 is 1.10 bits per heavy atom. The summed E-state index contributed by atoms with van der Waals surface area (Å²) in [4.78, 5) is 45.4. The Bertz CT molecular complexity index is 1790. The number of Topliss-reactive ketones (excluding diaryl/α,β-unsaturated/α-hetero) is 1. The summed E-state index contributed by atoms with van der Waals surface area (Å²) >= 11 is 1.29. The van der Waals surface area contributed by atoms with Crippen molar-refractivity contribution in [1.29, 1.82) is 0 Å². The van der Waals surface area contributed by atoms with Gasteiger partial charge in [0.25, 0.3) is 21.9 Å². The first-order valence-corrected chi connectivity index (χ1v) is 15.5. The van der Waals surface area contributed by atoms with Crippen molar-refractivity contribution in [3.63, 3.8) is 0 Å². The lowest BCUT2D eigenvalue weighted by Gasteiger charge is -2.38. The molecular formula is C29H31N3O8S2. The van der Waals surface area contributed by atoms with Crippen LogP contribution in [0.2, 0.25) is 0 Å². The van der Waals surface area contributed by atoms with Gasteiger partial charge in [0.05, 0.1) is 29.4 Å². The predicted molar refractivity (Wildman–Crippen MR) is 161 cm³/mol. The zero-order chi connectivity index (χ0) is 30.8. The van der Waals surface area contributed by atoms with E-state index in [1.54, 1.807) is 49.5 Å². The maximum Gasteiger partial charge on any atom is 0.267 e. The molecule has 2 N–H and O–H groups in total. The second-order valence-electron chi connectivity index (χ2n) is 9.85. The van der Waals surface area contributed by atoms with E-state index in [4.69, 9.17) is 14.0 Å². The number of carbonyl (C=O) groups excluding carboxylic acids is 3. The van der Waals surface area contributed by atoms with E-state index in [0.717, 1.165) is 26.6 Å². The summed E-state index contributed by atoms with van der Waals surface area (Å²) in [6, 6.07) is 12.6. The molecule has 1 fully saturated rings. The fourth-order valence-electron chi connectivity index (χ4n) is 4.71. The number of ketones is 1. The van der Waals surface area contributed by atoms with Gasteiger partial charge in [0, 0.05) is 53.9 Å². The lowest BCUT2D eigenvalue weighted by molar-refractivity contribution is -0.0191. The van der Waals surface area contributed by atoms with Crippen LogP contribution in [0.3, 0.4) is 0 Å². The lowest BCUT2D eigenvalue weighted by Crippen LogP contribution is -2.54. The van der Waals surface area contributed by atoms with Crippen LogP contribution in [0.15, 0.2) is 42.5 Å². The molecule has 0 unspecified atom stereocenters. The van der Waals surface area contributed by atoms with E-state index in [1.807, 2.05) is 19.1 Å². The van der Waals surface area contributed by atoms with Gasteiger partial charge < -0.3 is 19.7 Å². The van der Waals surface area contributed by atoms with Crippen LogP contribution in [0.5, 0.6) is 0 Å². The Balaban J connectivity index is 0.000000748. The molecule has 0 atom stereocenters. The molecule has 0 bridgehead atoms. The number of amides is 2. The quantitative estimate of drug-likeness (QED) is 0.229. The number of thiophene rings is 1. The zero-order valence-corrected chi connectivity index (χ0v) is 25.4. The number of pyridine rings is 1. The average molecular weight is 614 g/mol. The molecular weight excluding hydrogens is 582 g/mol. The molecule has 42 heavy (non-hydrogen) atoms. The van der Waals surface area contributed by atoms with Gasteiger partial charge >= 0.3 is 0 Å². The highest BCUT2D eigenvalue weighted by molar-refractivity contribution is 7.85. The second kappa shape index (κ2) is 12.6. The van der Waals surface area contributed by atoms with E-state index >= 15 is 0 Å². The Morgan fingerprint density at radius 2 is 1.79 bits per heavy atom. The van der Waals surface area contributed by atoms with Gasteiger partial charge in [-0.25, -0.2) is 4.98 Å². The third kappa shape index (κ3) is 6.82. The molecule has 1 saturated heterocycles. The Hall–Kier alpha value is -3.75. The molecule has 0 radical (unpaired) electrons. The van der Waals surface area contributed by atoms with E-state index in [0.29, 0.717) is 53.3 Å². The van der Waals surface area contributed by atoms with Gasteiger partial charge in [0.1, 0.15) is 5.82 Å². The molecule has 0 aliphatic carbocycles. The monoisotopic (exact) mass is 613 g/mol. The zero-order valence-electron chi connectivity index (χ0n) is 23.8. The van der Waals surface area contributed by atoms with Crippen molar-refractivity contribution in [2.24, 2.45) is 0 Å². The van der Waals surface area contributed by atoms with Crippen molar-refractivity contribution in [3.8, 4) is 0 Å². The van der Waals surface area contributed by atoms with Crippen LogP contribution in [0.25, 0.3) is 21.0 Å². The van der Waals surface area contributed by atoms with Crippen LogP contribution in [0, 0.1) is 6.92 Å². The van der Waals surface area contributed by atoms with Crippen molar-refractivity contribution < 1.29 is 36.8 Å². The Morgan fingerprint density at radius 3 is 2.40 bits per heavy atom. The maximum absolute atomic E-state index is 13.3. The van der Waals surface area contributed by atoms with Crippen molar-refractivity contribution in [1.82, 2.24) is 9.88 Å². The summed E-state index contributed by atoms with van der Waals surface area (Å²) in [6.07, 6.45) is 0.792. The maximum atomic E-state index is 13.3. The number of benzene rings is 2. The van der Waals surface area contributed by atoms with Gasteiger partial charge in [-0.15, -0.1) is 11.3 Å². The molecule has 2 aromatic carbocycles. The minimum atomic E-state index is -3.67. The minimum absolute atomic E-state index is 0.0558. The summed E-state index contributed by atoms with van der Waals surface area (Å²) in [5, 5.41) is 4.49. The standard InChI is InChI=1S/C28H27N3O5S.CH4O3S/c1-15-24-17(14-35-3)8-9-19(16(2)32)26(24)37-25(15)27(33)30-23-11-10-20-21(6-5-7-22(20)29-23)28(34)31-12-18(13-31)36-4;1-5(2,3)4/h5-11,18H,12-14H2,1-4H3,(H,29,30,33);1H3,(H,2,3,4). The first-order chi connectivity index (χ1) is 19.8. The van der Waals surface area contributed by atoms with Gasteiger partial charge in [0.2, 0.25) is 0 Å². The first kappa shape index (κ1) is 31.2. The summed E-state index contributed by atoms with van der Waals surface area (Å²) < 4.78 is 37.3. The van der Waals surface area contributed by atoms with Crippen LogP contribution in [0.1, 0.15) is 48.4 Å². The smallest absolute Gasteiger partial charge is 0.267 e. The minimum Gasteiger partial charge on any atom is -0.380 e. The lowest BCUT2D eigenvalue weighted by atomic mass is 10.0. The number of likely N-dealkylation sites (tertiary alicyclic amines) is 1. The summed E-state index contributed by atoms with van der Waals surface area (Å²) in [7, 11) is -0.407. The van der Waals surface area contributed by atoms with Crippen molar-refractivity contribution in [2.75, 3.05) is 38.9 Å². The fourth-order valence-corrected chi connectivity index (χ4v) is 6.02. The first-order valence-electron chi connectivity index (χ1n) is 12.8. The summed E-state index contributed by atoms with van der Waals surface area (Å²) in [6.45, 7) is 4.92. The number of nitrogens with zero attached hydrogens (tertiary/aromatic N) is 2. The van der Waals surface area contributed by atoms with E-state index in [9.17, 15) is 22.8 Å². The SMILES string of the molecule is COCc1ccc(C(C)=O)c2sc(C(=O)Nc3ccc4c(C(=O)N5CC(OC)C5)cccc4n3)c(C)c12.CS(=O)(=O)O. The van der Waals surface area contributed by atoms with Gasteiger partial charge in [-0.3, -0.25) is 18.9 Å². The summed E-state index contributed by atoms with van der Waals surface area (Å²) in [5.74, 6) is -0.0423. The van der Waals surface area contributed by atoms with Crippen LogP contribution < -0.4 is 5.32 Å². The van der Waals surface area contributed by atoms with Crippen molar-refractivity contribution in [2.45, 2.75) is 26.6 Å². The number of rotatable bonds is 7.